The minimum Gasteiger partial charge on any atom is -0.480 e. The van der Waals surface area contributed by atoms with Crippen molar-refractivity contribution < 1.29 is 42.7 Å². The quantitative estimate of drug-likeness (QED) is 0.0245. The van der Waals surface area contributed by atoms with Crippen LogP contribution in [0.5, 0.6) is 0 Å². The Morgan fingerprint density at radius 1 is 0.647 bits per heavy atom. The van der Waals surface area contributed by atoms with E-state index < -0.39 is 45.1 Å². The maximum absolute atomic E-state index is 12.6. The lowest BCUT2D eigenvalue weighted by molar-refractivity contribution is -0.154. The molecule has 0 aliphatic rings. The van der Waals surface area contributed by atoms with Crippen LogP contribution in [-0.2, 0) is 32.7 Å². The Kier molecular flexibility index (Phi) is 34.4. The molecular formula is C40H70NO9P. The van der Waals surface area contributed by atoms with E-state index in [0.29, 0.717) is 13.0 Å². The first kappa shape index (κ1) is 48.7. The highest BCUT2D eigenvalue weighted by Crippen LogP contribution is 2.43. The van der Waals surface area contributed by atoms with Crippen molar-refractivity contribution in [1.29, 1.82) is 0 Å². The van der Waals surface area contributed by atoms with E-state index in [-0.39, 0.29) is 13.0 Å². The Morgan fingerprint density at radius 3 is 1.71 bits per heavy atom. The van der Waals surface area contributed by atoms with Crippen LogP contribution in [0.2, 0.25) is 0 Å². The van der Waals surface area contributed by atoms with E-state index in [1.54, 1.807) is 0 Å². The van der Waals surface area contributed by atoms with Gasteiger partial charge in [0.2, 0.25) is 0 Å². The molecule has 0 spiro atoms. The second kappa shape index (κ2) is 36.0. The topological polar surface area (TPSA) is 155 Å². The van der Waals surface area contributed by atoms with Crippen LogP contribution < -0.4 is 5.73 Å². The van der Waals surface area contributed by atoms with Crippen molar-refractivity contribution in [2.45, 2.75) is 154 Å². The van der Waals surface area contributed by atoms with E-state index in [4.69, 9.17) is 24.8 Å². The third-order valence-electron chi connectivity index (χ3n) is 7.76. The van der Waals surface area contributed by atoms with Crippen molar-refractivity contribution in [2.75, 3.05) is 26.4 Å². The molecule has 3 atom stereocenters. The first-order valence-corrected chi connectivity index (χ1v) is 20.8. The molecule has 0 amide bonds. The third-order valence-corrected chi connectivity index (χ3v) is 8.71. The van der Waals surface area contributed by atoms with Gasteiger partial charge in [-0.05, 0) is 70.6 Å². The summed E-state index contributed by atoms with van der Waals surface area (Å²) in [5.41, 5.74) is 5.34. The number of esters is 1. The van der Waals surface area contributed by atoms with Gasteiger partial charge in [-0.3, -0.25) is 18.6 Å². The van der Waals surface area contributed by atoms with Gasteiger partial charge in [0.25, 0.3) is 0 Å². The number of carbonyl (C=O) groups excluding carboxylic acids is 1. The fourth-order valence-corrected chi connectivity index (χ4v) is 5.55. The zero-order valence-corrected chi connectivity index (χ0v) is 32.6. The first-order valence-electron chi connectivity index (χ1n) is 19.3. The van der Waals surface area contributed by atoms with Gasteiger partial charge in [0.15, 0.2) is 0 Å². The third kappa shape index (κ3) is 35.8. The van der Waals surface area contributed by atoms with Gasteiger partial charge >= 0.3 is 19.8 Å². The SMILES string of the molecule is CC/C=C\C/C=C\C/C=C\CCCCCCCC(=O)OC(COCCCCCCCC/C=C\C/C=C\CCC)COP(=O)(O)OCC(N)C(=O)O. The van der Waals surface area contributed by atoms with Gasteiger partial charge in [-0.25, -0.2) is 4.57 Å². The molecule has 51 heavy (non-hydrogen) atoms. The molecule has 11 heteroatoms. The van der Waals surface area contributed by atoms with Crippen LogP contribution in [0, 0.1) is 0 Å². The van der Waals surface area contributed by atoms with Crippen LogP contribution >= 0.6 is 7.82 Å². The number of carboxylic acids is 1. The van der Waals surface area contributed by atoms with Crippen LogP contribution in [0.3, 0.4) is 0 Å². The summed E-state index contributed by atoms with van der Waals surface area (Å²) in [6, 6.07) is -1.48. The van der Waals surface area contributed by atoms with Crippen LogP contribution in [0.15, 0.2) is 60.8 Å². The van der Waals surface area contributed by atoms with Gasteiger partial charge in [-0.15, -0.1) is 0 Å². The van der Waals surface area contributed by atoms with Crippen LogP contribution in [0.4, 0.5) is 0 Å². The van der Waals surface area contributed by atoms with Crippen molar-refractivity contribution >= 4 is 19.8 Å². The molecule has 0 aromatic rings. The Morgan fingerprint density at radius 2 is 1.14 bits per heavy atom. The van der Waals surface area contributed by atoms with E-state index in [9.17, 15) is 19.0 Å². The predicted octanol–water partition coefficient (Wildman–Crippen LogP) is 10.1. The summed E-state index contributed by atoms with van der Waals surface area (Å²) in [7, 11) is -4.62. The molecule has 0 fully saturated rings. The van der Waals surface area contributed by atoms with Gasteiger partial charge in [0.05, 0.1) is 19.8 Å². The Labute approximate surface area is 309 Å². The number of hydrogen-bond acceptors (Lipinski definition) is 8. The van der Waals surface area contributed by atoms with Gasteiger partial charge in [0.1, 0.15) is 12.1 Å². The molecular weight excluding hydrogens is 669 g/mol. The number of nitrogens with two attached hydrogens (primary N) is 1. The molecule has 0 bridgehead atoms. The first-order chi connectivity index (χ1) is 24.7. The maximum atomic E-state index is 12.6. The van der Waals surface area contributed by atoms with Crippen molar-refractivity contribution in [3.05, 3.63) is 60.8 Å². The average Bonchev–Trinajstić information content (AvgIpc) is 3.10. The number of carbonyl (C=O) groups is 2. The smallest absolute Gasteiger partial charge is 0.472 e. The Bertz CT molecular complexity index is 1040. The molecule has 0 aromatic heterocycles. The Hall–Kier alpha value is -2.33. The van der Waals surface area contributed by atoms with E-state index in [1.807, 2.05) is 0 Å². The van der Waals surface area contributed by atoms with Crippen LogP contribution in [0.25, 0.3) is 0 Å². The molecule has 3 unspecified atom stereocenters. The van der Waals surface area contributed by atoms with Crippen molar-refractivity contribution in [1.82, 2.24) is 0 Å². The van der Waals surface area contributed by atoms with Gasteiger partial charge in [-0.1, -0.05) is 126 Å². The molecule has 0 heterocycles. The van der Waals surface area contributed by atoms with Gasteiger partial charge in [0, 0.05) is 13.0 Å². The molecule has 0 saturated carbocycles. The second-order valence-electron chi connectivity index (χ2n) is 12.7. The van der Waals surface area contributed by atoms with Crippen molar-refractivity contribution in [2.24, 2.45) is 5.73 Å². The summed E-state index contributed by atoms with van der Waals surface area (Å²) in [6.45, 7) is 3.63. The predicted molar refractivity (Wildman–Crippen MR) is 207 cm³/mol. The van der Waals surface area contributed by atoms with Crippen LogP contribution in [-0.4, -0.2) is 60.5 Å². The molecule has 10 nitrogen and oxygen atoms in total. The van der Waals surface area contributed by atoms with E-state index in [1.165, 1.54) is 25.7 Å². The van der Waals surface area contributed by atoms with Crippen molar-refractivity contribution in [3.63, 3.8) is 0 Å². The molecule has 0 saturated heterocycles. The lowest BCUT2D eigenvalue weighted by Gasteiger charge is -2.20. The average molecular weight is 740 g/mol. The lowest BCUT2D eigenvalue weighted by atomic mass is 10.1. The highest BCUT2D eigenvalue weighted by molar-refractivity contribution is 7.47. The van der Waals surface area contributed by atoms with Crippen molar-refractivity contribution in [3.8, 4) is 0 Å². The molecule has 0 radical (unpaired) electrons. The highest BCUT2D eigenvalue weighted by Gasteiger charge is 2.27. The molecule has 4 N–H and O–H groups in total. The number of allylic oxidation sites excluding steroid dienone is 10. The lowest BCUT2D eigenvalue weighted by Crippen LogP contribution is -2.34. The second-order valence-corrected chi connectivity index (χ2v) is 14.1. The molecule has 0 aromatic carbocycles. The summed E-state index contributed by atoms with van der Waals surface area (Å²) in [6.07, 6.45) is 41.3. The maximum Gasteiger partial charge on any atom is 0.472 e. The number of aliphatic carboxylic acids is 1. The fraction of sp³-hybridized carbons (Fsp3) is 0.700. The summed E-state index contributed by atoms with van der Waals surface area (Å²) < 4.78 is 33.2. The largest absolute Gasteiger partial charge is 0.480 e. The van der Waals surface area contributed by atoms with Gasteiger partial charge < -0.3 is 25.2 Å². The van der Waals surface area contributed by atoms with E-state index in [0.717, 1.165) is 89.9 Å². The minimum atomic E-state index is -4.62. The number of phosphoric acid groups is 1. The summed E-state index contributed by atoms with van der Waals surface area (Å²) in [5.74, 6) is -1.81. The number of hydrogen-bond donors (Lipinski definition) is 3. The zero-order valence-electron chi connectivity index (χ0n) is 31.7. The Balaban J connectivity index is 4.36. The molecule has 0 rings (SSSR count). The summed E-state index contributed by atoms with van der Waals surface area (Å²) in [5, 5.41) is 8.87. The minimum absolute atomic E-state index is 0.000435. The van der Waals surface area contributed by atoms with E-state index >= 15 is 0 Å². The molecule has 0 aliphatic heterocycles. The monoisotopic (exact) mass is 739 g/mol. The highest BCUT2D eigenvalue weighted by atomic mass is 31.2. The zero-order chi connectivity index (χ0) is 37.7. The number of carboxylic acid groups (broad SMARTS) is 1. The molecule has 0 aliphatic carbocycles. The molecule has 294 valence electrons. The fourth-order valence-electron chi connectivity index (χ4n) is 4.77. The number of rotatable bonds is 36. The standard InChI is InChI=1S/C40H70NO9P/c1-3-5-7-9-11-13-15-17-19-20-22-24-26-28-30-32-39(42)50-37(35-48-51(45,46)49-36-38(41)40(43)44)34-47-33-31-29-27-25-23-21-18-16-14-12-10-8-6-4-2/h5,7-8,10-11,13-14,16-17,19,37-38H,3-4,6,9,12,15,18,20-36,41H2,1-2H3,(H,43,44)(H,45,46)/b7-5-,10-8-,13-11-,16-14-,19-17-. The summed E-state index contributed by atoms with van der Waals surface area (Å²) in [4.78, 5) is 33.4. The number of ether oxygens (including phenoxy) is 2. The number of unbranched alkanes of at least 4 members (excludes halogenated alkanes) is 12. The normalized spacial score (nSPS) is 14.7. The summed E-state index contributed by atoms with van der Waals surface area (Å²) >= 11 is 0. The number of phosphoric ester groups is 1. The van der Waals surface area contributed by atoms with E-state index in [2.05, 4.69) is 79.1 Å². The van der Waals surface area contributed by atoms with Crippen LogP contribution in [0.1, 0.15) is 142 Å². The van der Waals surface area contributed by atoms with Gasteiger partial charge in [-0.2, -0.15) is 0 Å².